The van der Waals surface area contributed by atoms with E-state index in [-0.39, 0.29) is 5.56 Å². The van der Waals surface area contributed by atoms with Crippen LogP contribution >= 0.6 is 0 Å². The first-order valence-electron chi connectivity index (χ1n) is 8.64. The molecule has 1 aromatic carbocycles. The molecule has 0 unspecified atom stereocenters. The molecule has 3 aromatic rings. The van der Waals surface area contributed by atoms with E-state index in [4.69, 9.17) is 0 Å². The van der Waals surface area contributed by atoms with Crippen LogP contribution in [-0.4, -0.2) is 31.5 Å². The van der Waals surface area contributed by atoms with Gasteiger partial charge >= 0.3 is 0 Å². The van der Waals surface area contributed by atoms with Gasteiger partial charge in [-0.3, -0.25) is 14.7 Å². The van der Waals surface area contributed by atoms with E-state index in [1.54, 1.807) is 12.4 Å². The molecule has 0 amide bonds. The van der Waals surface area contributed by atoms with Crippen LogP contribution in [0.2, 0.25) is 0 Å². The second kappa shape index (κ2) is 6.72. The van der Waals surface area contributed by atoms with E-state index in [1.807, 2.05) is 37.3 Å². The maximum atomic E-state index is 12.5. The Hall–Kier alpha value is -2.99. The summed E-state index contributed by atoms with van der Waals surface area (Å²) in [6.45, 7) is 3.88. The second-order valence-corrected chi connectivity index (χ2v) is 6.62. The van der Waals surface area contributed by atoms with Gasteiger partial charge in [0, 0.05) is 48.7 Å². The molecular weight excluding hydrogens is 328 g/mol. The first-order valence-corrected chi connectivity index (χ1v) is 8.64. The fourth-order valence-corrected chi connectivity index (χ4v) is 3.36. The van der Waals surface area contributed by atoms with Crippen molar-refractivity contribution in [1.82, 2.24) is 19.9 Å². The summed E-state index contributed by atoms with van der Waals surface area (Å²) < 4.78 is 0. The van der Waals surface area contributed by atoms with E-state index >= 15 is 0 Å². The Morgan fingerprint density at radius 2 is 2.04 bits per heavy atom. The number of hydrogen-bond donors (Lipinski definition) is 2. The van der Waals surface area contributed by atoms with E-state index in [0.717, 1.165) is 34.5 Å². The number of phenolic OH excluding ortho intramolecular Hbond substituents is 1. The highest BCUT2D eigenvalue weighted by atomic mass is 16.3. The Balaban J connectivity index is 1.63. The van der Waals surface area contributed by atoms with Crippen LogP contribution in [0.5, 0.6) is 5.75 Å². The number of aromatic amines is 1. The maximum Gasteiger partial charge on any atom is 0.254 e. The summed E-state index contributed by atoms with van der Waals surface area (Å²) in [4.78, 5) is 26.2. The van der Waals surface area contributed by atoms with E-state index < -0.39 is 0 Å². The number of aromatic hydroxyl groups is 1. The van der Waals surface area contributed by atoms with Crippen LogP contribution in [0.15, 0.2) is 47.5 Å². The van der Waals surface area contributed by atoms with Crippen LogP contribution in [0.1, 0.15) is 22.4 Å². The van der Waals surface area contributed by atoms with Crippen molar-refractivity contribution in [3.63, 3.8) is 0 Å². The maximum absolute atomic E-state index is 12.5. The second-order valence-electron chi connectivity index (χ2n) is 6.62. The van der Waals surface area contributed by atoms with Crippen LogP contribution < -0.4 is 5.56 Å². The largest absolute Gasteiger partial charge is 0.507 e. The number of aryl methyl sites for hydroxylation is 1. The SMILES string of the molecule is Cc1cccc(CN2CCc3c(nc(-c4ccncc4)[nH]c3=O)C2)c1O. The molecule has 0 aliphatic carbocycles. The molecule has 0 fully saturated rings. The molecule has 1 aliphatic rings. The molecule has 1 aliphatic heterocycles. The van der Waals surface area contributed by atoms with Crippen molar-refractivity contribution in [2.45, 2.75) is 26.4 Å². The van der Waals surface area contributed by atoms with Gasteiger partial charge in [-0.1, -0.05) is 18.2 Å². The highest BCUT2D eigenvalue weighted by Crippen LogP contribution is 2.25. The molecule has 3 heterocycles. The molecule has 4 rings (SSSR count). The Bertz CT molecular complexity index is 998. The van der Waals surface area contributed by atoms with Crippen molar-refractivity contribution in [2.24, 2.45) is 0 Å². The summed E-state index contributed by atoms with van der Waals surface area (Å²) in [6.07, 6.45) is 4.02. The first-order chi connectivity index (χ1) is 12.6. The number of hydrogen-bond acceptors (Lipinski definition) is 5. The minimum atomic E-state index is -0.0696. The summed E-state index contributed by atoms with van der Waals surface area (Å²) in [6, 6.07) is 9.44. The zero-order chi connectivity index (χ0) is 18.1. The predicted octanol–water partition coefficient (Wildman–Crippen LogP) is 2.40. The van der Waals surface area contributed by atoms with Crippen molar-refractivity contribution in [2.75, 3.05) is 6.54 Å². The fraction of sp³-hybridized carbons (Fsp3) is 0.250. The lowest BCUT2D eigenvalue weighted by Gasteiger charge is -2.28. The molecule has 0 saturated heterocycles. The molecule has 0 bridgehead atoms. The number of phenols is 1. The van der Waals surface area contributed by atoms with Gasteiger partial charge in [-0.25, -0.2) is 4.98 Å². The van der Waals surface area contributed by atoms with Gasteiger partial charge in [0.15, 0.2) is 0 Å². The molecule has 6 nitrogen and oxygen atoms in total. The number of aromatic nitrogens is 3. The third-order valence-corrected chi connectivity index (χ3v) is 4.82. The third-order valence-electron chi connectivity index (χ3n) is 4.82. The van der Waals surface area contributed by atoms with Crippen molar-refractivity contribution in [3.8, 4) is 17.1 Å². The van der Waals surface area contributed by atoms with Crippen LogP contribution in [0, 0.1) is 6.92 Å². The molecule has 26 heavy (non-hydrogen) atoms. The van der Waals surface area contributed by atoms with Gasteiger partial charge < -0.3 is 10.1 Å². The lowest BCUT2D eigenvalue weighted by atomic mass is 10.0. The van der Waals surface area contributed by atoms with Gasteiger partial charge in [0.25, 0.3) is 5.56 Å². The lowest BCUT2D eigenvalue weighted by Crippen LogP contribution is -2.35. The van der Waals surface area contributed by atoms with Crippen molar-refractivity contribution >= 4 is 0 Å². The number of pyridine rings is 1. The standard InChI is InChI=1S/C20H20N4O2/c1-13-3-2-4-15(18(13)25)11-24-10-7-16-17(12-24)22-19(23-20(16)26)14-5-8-21-9-6-14/h2-6,8-9,25H,7,10-12H2,1H3,(H,22,23,26). The number of rotatable bonds is 3. The highest BCUT2D eigenvalue weighted by Gasteiger charge is 2.22. The summed E-state index contributed by atoms with van der Waals surface area (Å²) >= 11 is 0. The van der Waals surface area contributed by atoms with E-state index in [9.17, 15) is 9.90 Å². The van der Waals surface area contributed by atoms with Crippen LogP contribution in [0.3, 0.4) is 0 Å². The number of benzene rings is 1. The Labute approximate surface area is 151 Å². The minimum Gasteiger partial charge on any atom is -0.507 e. The zero-order valence-electron chi connectivity index (χ0n) is 14.6. The number of nitrogens with zero attached hydrogens (tertiary/aromatic N) is 3. The topological polar surface area (TPSA) is 82.1 Å². The van der Waals surface area contributed by atoms with Gasteiger partial charge in [0.1, 0.15) is 11.6 Å². The molecule has 0 radical (unpaired) electrons. The number of para-hydroxylation sites is 1. The summed E-state index contributed by atoms with van der Waals surface area (Å²) in [5, 5.41) is 10.3. The Morgan fingerprint density at radius 3 is 2.85 bits per heavy atom. The van der Waals surface area contributed by atoms with Crippen molar-refractivity contribution in [1.29, 1.82) is 0 Å². The number of nitrogens with one attached hydrogen (secondary N) is 1. The van der Waals surface area contributed by atoms with E-state index in [2.05, 4.69) is 19.9 Å². The molecule has 0 atom stereocenters. The van der Waals surface area contributed by atoms with Crippen LogP contribution in [0.25, 0.3) is 11.4 Å². The molecular formula is C20H20N4O2. The predicted molar refractivity (Wildman–Crippen MR) is 98.8 cm³/mol. The van der Waals surface area contributed by atoms with Gasteiger partial charge in [-0.05, 0) is 31.0 Å². The average Bonchev–Trinajstić information content (AvgIpc) is 2.66. The van der Waals surface area contributed by atoms with E-state index in [0.29, 0.717) is 31.1 Å². The molecule has 0 saturated carbocycles. The van der Waals surface area contributed by atoms with Gasteiger partial charge in [-0.15, -0.1) is 0 Å². The quantitative estimate of drug-likeness (QED) is 0.759. The number of H-pyrrole nitrogens is 1. The van der Waals surface area contributed by atoms with E-state index in [1.165, 1.54) is 0 Å². The summed E-state index contributed by atoms with van der Waals surface area (Å²) in [5.41, 5.74) is 4.10. The first kappa shape index (κ1) is 16.5. The summed E-state index contributed by atoms with van der Waals surface area (Å²) in [7, 11) is 0. The zero-order valence-corrected chi connectivity index (χ0v) is 14.6. The monoisotopic (exact) mass is 348 g/mol. The van der Waals surface area contributed by atoms with Gasteiger partial charge in [0.2, 0.25) is 0 Å². The highest BCUT2D eigenvalue weighted by molar-refractivity contribution is 5.54. The molecule has 2 aromatic heterocycles. The van der Waals surface area contributed by atoms with Crippen LogP contribution in [0.4, 0.5) is 0 Å². The molecule has 2 N–H and O–H groups in total. The van der Waals surface area contributed by atoms with Crippen LogP contribution in [-0.2, 0) is 19.5 Å². The Morgan fingerprint density at radius 1 is 1.23 bits per heavy atom. The summed E-state index contributed by atoms with van der Waals surface area (Å²) in [5.74, 6) is 0.908. The van der Waals surface area contributed by atoms with Gasteiger partial charge in [-0.2, -0.15) is 0 Å². The fourth-order valence-electron chi connectivity index (χ4n) is 3.36. The van der Waals surface area contributed by atoms with Crippen molar-refractivity contribution < 1.29 is 5.11 Å². The third kappa shape index (κ3) is 3.11. The lowest BCUT2D eigenvalue weighted by molar-refractivity contribution is 0.237. The Kier molecular flexibility index (Phi) is 4.26. The average molecular weight is 348 g/mol. The smallest absolute Gasteiger partial charge is 0.254 e. The molecule has 132 valence electrons. The normalized spacial score (nSPS) is 14.2. The van der Waals surface area contributed by atoms with Gasteiger partial charge in [0.05, 0.1) is 5.69 Å². The number of fused-ring (bicyclic) bond motifs is 1. The molecule has 6 heteroatoms. The van der Waals surface area contributed by atoms with Crippen molar-refractivity contribution in [3.05, 3.63) is 75.5 Å². The minimum absolute atomic E-state index is 0.0696. The molecule has 0 spiro atoms.